The summed E-state index contributed by atoms with van der Waals surface area (Å²) in [5, 5.41) is 9.87. The summed E-state index contributed by atoms with van der Waals surface area (Å²) >= 11 is 0. The minimum atomic E-state index is -0.292. The second kappa shape index (κ2) is 4.65. The van der Waals surface area contributed by atoms with Crippen LogP contribution in [0.4, 0.5) is 4.39 Å². The first-order chi connectivity index (χ1) is 9.20. The van der Waals surface area contributed by atoms with Crippen molar-refractivity contribution in [3.8, 4) is 11.5 Å². The van der Waals surface area contributed by atoms with Gasteiger partial charge in [0.1, 0.15) is 35.3 Å². The summed E-state index contributed by atoms with van der Waals surface area (Å²) < 4.78 is 24.1. The van der Waals surface area contributed by atoms with Gasteiger partial charge in [-0.15, -0.1) is 0 Å². The van der Waals surface area contributed by atoms with Gasteiger partial charge in [-0.2, -0.15) is 0 Å². The lowest BCUT2D eigenvalue weighted by Gasteiger charge is -2.03. The van der Waals surface area contributed by atoms with Gasteiger partial charge in [0.25, 0.3) is 0 Å². The molecule has 1 N–H and O–H groups in total. The third-order valence-corrected chi connectivity index (χ3v) is 2.75. The molecule has 1 heterocycles. The molecule has 0 aliphatic rings. The van der Waals surface area contributed by atoms with Crippen LogP contribution >= 0.6 is 0 Å². The van der Waals surface area contributed by atoms with Crippen molar-refractivity contribution in [2.75, 3.05) is 0 Å². The van der Waals surface area contributed by atoms with Gasteiger partial charge in [0, 0.05) is 5.39 Å². The molecule has 0 saturated heterocycles. The maximum atomic E-state index is 13.0. The molecule has 0 unspecified atom stereocenters. The zero-order chi connectivity index (χ0) is 13.2. The van der Waals surface area contributed by atoms with Gasteiger partial charge in [0.15, 0.2) is 0 Å². The molecule has 3 nitrogen and oxygen atoms in total. The van der Waals surface area contributed by atoms with Gasteiger partial charge < -0.3 is 14.3 Å². The molecule has 96 valence electrons. The van der Waals surface area contributed by atoms with Crippen LogP contribution in [0.2, 0.25) is 0 Å². The highest BCUT2D eigenvalue weighted by Crippen LogP contribution is 2.22. The van der Waals surface area contributed by atoms with E-state index in [1.54, 1.807) is 36.4 Å². The Bertz CT molecular complexity index is 701. The Morgan fingerprint density at radius 1 is 1.05 bits per heavy atom. The first kappa shape index (κ1) is 11.6. The van der Waals surface area contributed by atoms with E-state index in [0.717, 1.165) is 0 Å². The summed E-state index contributed by atoms with van der Waals surface area (Å²) in [5.41, 5.74) is 0.630. The monoisotopic (exact) mass is 258 g/mol. The summed E-state index contributed by atoms with van der Waals surface area (Å²) in [6.07, 6.45) is 0. The van der Waals surface area contributed by atoms with Crippen molar-refractivity contribution in [3.63, 3.8) is 0 Å². The molecule has 19 heavy (non-hydrogen) atoms. The summed E-state index contributed by atoms with van der Waals surface area (Å²) in [5.74, 6) is 1.14. The number of aromatic hydroxyl groups is 1. The van der Waals surface area contributed by atoms with E-state index in [0.29, 0.717) is 22.5 Å². The van der Waals surface area contributed by atoms with E-state index in [2.05, 4.69) is 0 Å². The van der Waals surface area contributed by atoms with E-state index in [1.807, 2.05) is 0 Å². The van der Waals surface area contributed by atoms with Crippen LogP contribution in [0.5, 0.6) is 11.5 Å². The van der Waals surface area contributed by atoms with Crippen LogP contribution in [0.1, 0.15) is 5.76 Å². The highest BCUT2D eigenvalue weighted by atomic mass is 19.1. The Hall–Kier alpha value is -2.49. The SMILES string of the molecule is Oc1ccc(OCc2cc3cc(F)ccc3o2)cc1. The lowest BCUT2D eigenvalue weighted by molar-refractivity contribution is 0.274. The third kappa shape index (κ3) is 2.52. The molecule has 0 bridgehead atoms. The van der Waals surface area contributed by atoms with Gasteiger partial charge in [-0.1, -0.05) is 0 Å². The normalized spacial score (nSPS) is 10.8. The number of benzene rings is 2. The lowest BCUT2D eigenvalue weighted by Crippen LogP contribution is -1.92. The fraction of sp³-hybridized carbons (Fsp3) is 0.0667. The topological polar surface area (TPSA) is 42.6 Å². The molecule has 0 saturated carbocycles. The van der Waals surface area contributed by atoms with E-state index < -0.39 is 0 Å². The number of phenolic OH excluding ortho intramolecular Hbond substituents is 1. The van der Waals surface area contributed by atoms with E-state index in [4.69, 9.17) is 14.3 Å². The van der Waals surface area contributed by atoms with Gasteiger partial charge in [0.05, 0.1) is 0 Å². The second-order valence-electron chi connectivity index (χ2n) is 4.18. The smallest absolute Gasteiger partial charge is 0.146 e. The minimum absolute atomic E-state index is 0.187. The summed E-state index contributed by atoms with van der Waals surface area (Å²) in [4.78, 5) is 0. The predicted molar refractivity (Wildman–Crippen MR) is 68.6 cm³/mol. The van der Waals surface area contributed by atoms with Crippen molar-refractivity contribution >= 4 is 11.0 Å². The molecule has 0 amide bonds. The number of fused-ring (bicyclic) bond motifs is 1. The number of hydrogen-bond donors (Lipinski definition) is 1. The molecule has 4 heteroatoms. The number of furan rings is 1. The van der Waals surface area contributed by atoms with Crippen LogP contribution in [-0.4, -0.2) is 5.11 Å². The molecule has 3 aromatic rings. The van der Waals surface area contributed by atoms with Crippen LogP contribution in [0.15, 0.2) is 52.9 Å². The minimum Gasteiger partial charge on any atom is -0.508 e. The molecule has 2 aromatic carbocycles. The fourth-order valence-corrected chi connectivity index (χ4v) is 1.84. The molecule has 0 atom stereocenters. The van der Waals surface area contributed by atoms with Crippen LogP contribution in [0.3, 0.4) is 0 Å². The zero-order valence-corrected chi connectivity index (χ0v) is 9.97. The molecule has 0 spiro atoms. The maximum Gasteiger partial charge on any atom is 0.146 e. The van der Waals surface area contributed by atoms with Crippen LogP contribution < -0.4 is 4.74 Å². The van der Waals surface area contributed by atoms with Crippen molar-refractivity contribution in [3.05, 3.63) is 60.1 Å². The Labute approximate surface area is 108 Å². The van der Waals surface area contributed by atoms with Crippen molar-refractivity contribution in [1.82, 2.24) is 0 Å². The maximum absolute atomic E-state index is 13.0. The van der Waals surface area contributed by atoms with E-state index >= 15 is 0 Å². The van der Waals surface area contributed by atoms with Gasteiger partial charge >= 0.3 is 0 Å². The fourth-order valence-electron chi connectivity index (χ4n) is 1.84. The summed E-state index contributed by atoms with van der Waals surface area (Å²) in [7, 11) is 0. The van der Waals surface area contributed by atoms with Crippen LogP contribution in [0, 0.1) is 5.82 Å². The Kier molecular flexibility index (Phi) is 2.83. The lowest BCUT2D eigenvalue weighted by atomic mass is 10.2. The molecular weight excluding hydrogens is 247 g/mol. The Morgan fingerprint density at radius 3 is 2.63 bits per heavy atom. The molecule has 0 radical (unpaired) electrons. The van der Waals surface area contributed by atoms with Gasteiger partial charge in [-0.3, -0.25) is 0 Å². The molecule has 0 aliphatic carbocycles. The summed E-state index contributed by atoms with van der Waals surface area (Å²) in [6, 6.07) is 12.5. The molecular formula is C15H11FO3. The summed E-state index contributed by atoms with van der Waals surface area (Å²) in [6.45, 7) is 0.251. The van der Waals surface area contributed by atoms with Crippen molar-refractivity contribution in [2.24, 2.45) is 0 Å². The number of halogens is 1. The zero-order valence-electron chi connectivity index (χ0n) is 9.97. The standard InChI is InChI=1S/C15H11FO3/c16-11-1-6-15-10(7-11)8-14(19-15)9-18-13-4-2-12(17)3-5-13/h1-8,17H,9H2. The number of ether oxygens (including phenoxy) is 1. The quantitative estimate of drug-likeness (QED) is 0.775. The number of rotatable bonds is 3. The Balaban J connectivity index is 1.76. The highest BCUT2D eigenvalue weighted by molar-refractivity contribution is 5.77. The average molecular weight is 258 g/mol. The molecule has 1 aromatic heterocycles. The van der Waals surface area contributed by atoms with E-state index in [9.17, 15) is 4.39 Å². The van der Waals surface area contributed by atoms with E-state index in [1.165, 1.54) is 12.1 Å². The highest BCUT2D eigenvalue weighted by Gasteiger charge is 2.05. The van der Waals surface area contributed by atoms with Crippen LogP contribution in [0.25, 0.3) is 11.0 Å². The van der Waals surface area contributed by atoms with Crippen LogP contribution in [-0.2, 0) is 6.61 Å². The van der Waals surface area contributed by atoms with Gasteiger partial charge in [-0.25, -0.2) is 4.39 Å². The molecule has 3 rings (SSSR count). The second-order valence-corrected chi connectivity index (χ2v) is 4.18. The number of phenols is 1. The number of hydrogen-bond acceptors (Lipinski definition) is 3. The largest absolute Gasteiger partial charge is 0.508 e. The van der Waals surface area contributed by atoms with Gasteiger partial charge in [0.2, 0.25) is 0 Å². The third-order valence-electron chi connectivity index (χ3n) is 2.75. The first-order valence-corrected chi connectivity index (χ1v) is 5.80. The van der Waals surface area contributed by atoms with Crippen molar-refractivity contribution in [1.29, 1.82) is 0 Å². The Morgan fingerprint density at radius 2 is 1.84 bits per heavy atom. The van der Waals surface area contributed by atoms with E-state index in [-0.39, 0.29) is 18.2 Å². The average Bonchev–Trinajstić information content (AvgIpc) is 2.80. The predicted octanol–water partition coefficient (Wildman–Crippen LogP) is 3.86. The van der Waals surface area contributed by atoms with Crippen molar-refractivity contribution in [2.45, 2.75) is 6.61 Å². The van der Waals surface area contributed by atoms with Crippen molar-refractivity contribution < 1.29 is 18.7 Å². The van der Waals surface area contributed by atoms with Gasteiger partial charge in [-0.05, 0) is 48.5 Å². The molecule has 0 aliphatic heterocycles. The first-order valence-electron chi connectivity index (χ1n) is 5.80. The molecule has 0 fully saturated rings.